The molecular weight excluding hydrogens is 509 g/mol. The number of carbonyl (C=O) groups is 1. The van der Waals surface area contributed by atoms with Crippen LogP contribution in [0.4, 0.5) is 4.79 Å². The van der Waals surface area contributed by atoms with Crippen LogP contribution < -0.4 is 10.6 Å². The van der Waals surface area contributed by atoms with Crippen molar-refractivity contribution in [2.75, 3.05) is 19.6 Å². The van der Waals surface area contributed by atoms with Gasteiger partial charge in [-0.3, -0.25) is 4.40 Å². The van der Waals surface area contributed by atoms with E-state index in [0.29, 0.717) is 25.6 Å². The minimum Gasteiger partial charge on any atom is -0.444 e. The average Bonchev–Trinajstić information content (AvgIpc) is 3.07. The first-order valence-electron chi connectivity index (χ1n) is 10.5. The van der Waals surface area contributed by atoms with Crippen LogP contribution in [0.1, 0.15) is 53.8 Å². The van der Waals surface area contributed by atoms with Crippen LogP contribution in [0.15, 0.2) is 29.4 Å². The standard InChI is InChI=1S/C21H35N7O2.HI/c1-7-22-19(24-15-18-26-25-17-11-8-9-13-28(17)18)23-12-10-14-27(16(2)3)20(29)30-21(4,5)6;/h8-9,11,13,16H,7,10,12,14-15H2,1-6H3,(H2,22,23,24);1H. The predicted octanol–water partition coefficient (Wildman–Crippen LogP) is 3.44. The Bertz CT molecular complexity index is 846. The van der Waals surface area contributed by atoms with Crippen molar-refractivity contribution in [2.24, 2.45) is 4.99 Å². The Kier molecular flexibility index (Phi) is 11.0. The molecule has 2 heterocycles. The second kappa shape index (κ2) is 12.7. The van der Waals surface area contributed by atoms with E-state index in [1.807, 2.05) is 70.3 Å². The average molecular weight is 545 g/mol. The van der Waals surface area contributed by atoms with E-state index >= 15 is 0 Å². The van der Waals surface area contributed by atoms with Crippen LogP contribution >= 0.6 is 24.0 Å². The normalized spacial score (nSPS) is 11.9. The first kappa shape index (κ1) is 26.9. The fourth-order valence-corrected chi connectivity index (χ4v) is 2.83. The number of pyridine rings is 1. The number of hydrogen-bond donors (Lipinski definition) is 2. The molecule has 2 aromatic rings. The van der Waals surface area contributed by atoms with E-state index in [9.17, 15) is 4.79 Å². The molecule has 174 valence electrons. The summed E-state index contributed by atoms with van der Waals surface area (Å²) in [6, 6.07) is 5.86. The maximum atomic E-state index is 12.4. The van der Waals surface area contributed by atoms with Gasteiger partial charge in [-0.25, -0.2) is 9.79 Å². The van der Waals surface area contributed by atoms with Gasteiger partial charge in [-0.05, 0) is 60.1 Å². The maximum Gasteiger partial charge on any atom is 0.410 e. The summed E-state index contributed by atoms with van der Waals surface area (Å²) in [6.45, 7) is 14.1. The van der Waals surface area contributed by atoms with Gasteiger partial charge in [0.05, 0.1) is 0 Å². The van der Waals surface area contributed by atoms with E-state index in [4.69, 9.17) is 4.74 Å². The summed E-state index contributed by atoms with van der Waals surface area (Å²) < 4.78 is 7.43. The Morgan fingerprint density at radius 1 is 1.26 bits per heavy atom. The molecule has 31 heavy (non-hydrogen) atoms. The van der Waals surface area contributed by atoms with Gasteiger partial charge in [0.25, 0.3) is 0 Å². The zero-order chi connectivity index (χ0) is 22.1. The molecule has 2 aromatic heterocycles. The van der Waals surface area contributed by atoms with Gasteiger partial charge in [0.15, 0.2) is 17.4 Å². The van der Waals surface area contributed by atoms with Crippen LogP contribution in [0.3, 0.4) is 0 Å². The number of hydrogen-bond acceptors (Lipinski definition) is 5. The summed E-state index contributed by atoms with van der Waals surface area (Å²) in [7, 11) is 0. The van der Waals surface area contributed by atoms with E-state index in [1.54, 1.807) is 4.90 Å². The summed E-state index contributed by atoms with van der Waals surface area (Å²) in [5.41, 5.74) is 0.302. The zero-order valence-electron chi connectivity index (χ0n) is 19.4. The van der Waals surface area contributed by atoms with Crippen LogP contribution in [0.5, 0.6) is 0 Å². The first-order valence-corrected chi connectivity index (χ1v) is 10.5. The fourth-order valence-electron chi connectivity index (χ4n) is 2.83. The molecule has 0 radical (unpaired) electrons. The first-order chi connectivity index (χ1) is 14.2. The van der Waals surface area contributed by atoms with Crippen molar-refractivity contribution in [1.29, 1.82) is 0 Å². The number of guanidine groups is 1. The third kappa shape index (κ3) is 8.88. The van der Waals surface area contributed by atoms with Crippen molar-refractivity contribution in [1.82, 2.24) is 30.1 Å². The van der Waals surface area contributed by atoms with Gasteiger partial charge in [-0.2, -0.15) is 0 Å². The molecule has 9 nitrogen and oxygen atoms in total. The topological polar surface area (TPSA) is 96.1 Å². The largest absolute Gasteiger partial charge is 0.444 e. The van der Waals surface area contributed by atoms with Gasteiger partial charge >= 0.3 is 6.09 Å². The number of fused-ring (bicyclic) bond motifs is 1. The molecule has 0 saturated carbocycles. The lowest BCUT2D eigenvalue weighted by atomic mass is 10.2. The molecule has 0 saturated heterocycles. The number of ether oxygens (including phenoxy) is 1. The zero-order valence-corrected chi connectivity index (χ0v) is 21.7. The molecule has 1 amide bonds. The van der Waals surface area contributed by atoms with Gasteiger partial charge in [0, 0.05) is 31.9 Å². The number of amides is 1. The van der Waals surface area contributed by atoms with Gasteiger partial charge < -0.3 is 20.3 Å². The van der Waals surface area contributed by atoms with E-state index in [1.165, 1.54) is 0 Å². The maximum absolute atomic E-state index is 12.4. The highest BCUT2D eigenvalue weighted by atomic mass is 127. The van der Waals surface area contributed by atoms with Crippen molar-refractivity contribution in [3.05, 3.63) is 30.2 Å². The van der Waals surface area contributed by atoms with Crippen LogP contribution in [-0.2, 0) is 11.3 Å². The van der Waals surface area contributed by atoms with Crippen LogP contribution in [0.2, 0.25) is 0 Å². The Hall–Kier alpha value is -2.11. The van der Waals surface area contributed by atoms with Crippen molar-refractivity contribution in [3.63, 3.8) is 0 Å². The number of nitrogens with one attached hydrogen (secondary N) is 2. The molecule has 10 heteroatoms. The smallest absolute Gasteiger partial charge is 0.410 e. The molecule has 0 aliphatic heterocycles. The quantitative estimate of drug-likeness (QED) is 0.229. The molecule has 0 bridgehead atoms. The van der Waals surface area contributed by atoms with Crippen molar-refractivity contribution in [3.8, 4) is 0 Å². The second-order valence-electron chi connectivity index (χ2n) is 8.29. The lowest BCUT2D eigenvalue weighted by molar-refractivity contribution is 0.0190. The molecule has 0 spiro atoms. The molecule has 0 unspecified atom stereocenters. The van der Waals surface area contributed by atoms with Crippen molar-refractivity contribution < 1.29 is 9.53 Å². The van der Waals surface area contributed by atoms with Crippen molar-refractivity contribution in [2.45, 2.75) is 66.2 Å². The van der Waals surface area contributed by atoms with Crippen LogP contribution in [0, 0.1) is 0 Å². The van der Waals surface area contributed by atoms with Crippen molar-refractivity contribution >= 4 is 41.7 Å². The van der Waals surface area contributed by atoms with E-state index in [0.717, 1.165) is 24.4 Å². The van der Waals surface area contributed by atoms with Crippen LogP contribution in [-0.4, -0.2) is 62.8 Å². The number of carbonyl (C=O) groups excluding carboxylic acids is 1. The van der Waals surface area contributed by atoms with Gasteiger partial charge in [0.1, 0.15) is 12.1 Å². The molecule has 2 rings (SSSR count). The summed E-state index contributed by atoms with van der Waals surface area (Å²) in [6.07, 6.45) is 2.42. The highest BCUT2D eigenvalue weighted by molar-refractivity contribution is 14.0. The number of nitrogens with zero attached hydrogens (tertiary/aromatic N) is 5. The Balaban J connectivity index is 0.00000480. The molecule has 2 N–H and O–H groups in total. The number of aromatic nitrogens is 3. The lowest BCUT2D eigenvalue weighted by Crippen LogP contribution is -2.43. The minimum atomic E-state index is -0.501. The number of aliphatic imine (C=N–C) groups is 1. The lowest BCUT2D eigenvalue weighted by Gasteiger charge is -2.30. The van der Waals surface area contributed by atoms with Gasteiger partial charge in [-0.1, -0.05) is 6.07 Å². The van der Waals surface area contributed by atoms with E-state index in [-0.39, 0.29) is 36.1 Å². The van der Waals surface area contributed by atoms with Gasteiger partial charge in [0.2, 0.25) is 0 Å². The Morgan fingerprint density at radius 2 is 2.00 bits per heavy atom. The SMILES string of the molecule is CCNC(=NCc1nnc2ccccn12)NCCCN(C(=O)OC(C)(C)C)C(C)C.I. The summed E-state index contributed by atoms with van der Waals surface area (Å²) in [5, 5.41) is 14.9. The molecule has 0 aromatic carbocycles. The summed E-state index contributed by atoms with van der Waals surface area (Å²) >= 11 is 0. The Morgan fingerprint density at radius 3 is 2.65 bits per heavy atom. The summed E-state index contributed by atoms with van der Waals surface area (Å²) in [4.78, 5) is 18.8. The summed E-state index contributed by atoms with van der Waals surface area (Å²) in [5.74, 6) is 1.48. The predicted molar refractivity (Wildman–Crippen MR) is 134 cm³/mol. The molecule has 0 aliphatic carbocycles. The molecule has 0 atom stereocenters. The highest BCUT2D eigenvalue weighted by Crippen LogP contribution is 2.12. The van der Waals surface area contributed by atoms with Crippen LogP contribution in [0.25, 0.3) is 5.65 Å². The second-order valence-corrected chi connectivity index (χ2v) is 8.29. The molecular formula is C21H36IN7O2. The monoisotopic (exact) mass is 545 g/mol. The van der Waals surface area contributed by atoms with Gasteiger partial charge in [-0.15, -0.1) is 34.2 Å². The third-order valence-electron chi connectivity index (χ3n) is 4.23. The number of halogens is 1. The minimum absolute atomic E-state index is 0. The molecule has 0 aliphatic rings. The third-order valence-corrected chi connectivity index (χ3v) is 4.23. The fraction of sp³-hybridized carbons (Fsp3) is 0.619. The highest BCUT2D eigenvalue weighted by Gasteiger charge is 2.23. The number of rotatable bonds is 8. The van der Waals surface area contributed by atoms with E-state index in [2.05, 4.69) is 25.8 Å². The van der Waals surface area contributed by atoms with E-state index < -0.39 is 5.60 Å². The Labute approximate surface area is 202 Å². The molecule has 0 fully saturated rings.